The highest BCUT2D eigenvalue weighted by Crippen LogP contribution is 2.31. The minimum absolute atomic E-state index is 0.295. The predicted octanol–water partition coefficient (Wildman–Crippen LogP) is 5.97. The van der Waals surface area contributed by atoms with Crippen LogP contribution in [0.2, 0.25) is 0 Å². The average molecular weight is 535 g/mol. The van der Waals surface area contributed by atoms with E-state index in [-0.39, 0.29) is 0 Å². The van der Waals surface area contributed by atoms with Gasteiger partial charge in [0.2, 0.25) is 5.95 Å². The quantitative estimate of drug-likeness (QED) is 0.351. The Morgan fingerprint density at radius 1 is 1.06 bits per heavy atom. The summed E-state index contributed by atoms with van der Waals surface area (Å²) < 4.78 is 20.5. The first-order valence-electron chi connectivity index (χ1n) is 12.3. The third-order valence-electron chi connectivity index (χ3n) is 5.44. The topological polar surface area (TPSA) is 76.1 Å². The van der Waals surface area contributed by atoms with E-state index in [1.807, 2.05) is 33.8 Å². The van der Waals surface area contributed by atoms with Crippen LogP contribution in [0, 0.1) is 5.95 Å². The van der Waals surface area contributed by atoms with Gasteiger partial charge in [-0.05, 0) is 50.1 Å². The van der Waals surface area contributed by atoms with Crippen LogP contribution in [0.5, 0.6) is 0 Å². The normalized spacial score (nSPS) is 15.6. The molecule has 0 saturated carbocycles. The second-order valence-corrected chi connectivity index (χ2v) is 8.41. The molecule has 0 aliphatic carbocycles. The number of hydrogen-bond acceptors (Lipinski definition) is 6. The number of benzene rings is 1. The molecule has 6 nitrogen and oxygen atoms in total. The van der Waals surface area contributed by atoms with Gasteiger partial charge in [0.25, 0.3) is 0 Å². The van der Waals surface area contributed by atoms with Crippen molar-refractivity contribution in [2.75, 3.05) is 31.1 Å². The molecule has 0 unspecified atom stereocenters. The Morgan fingerprint density at radius 3 is 2.44 bits per heavy atom. The van der Waals surface area contributed by atoms with Crippen molar-refractivity contribution in [3.8, 4) is 0 Å². The van der Waals surface area contributed by atoms with Gasteiger partial charge >= 0.3 is 0 Å². The molecule has 1 aromatic carbocycles. The van der Waals surface area contributed by atoms with Gasteiger partial charge in [-0.3, -0.25) is 0 Å². The summed E-state index contributed by atoms with van der Waals surface area (Å²) in [6.07, 6.45) is 5.19. The van der Waals surface area contributed by atoms with Crippen LogP contribution in [0.3, 0.4) is 0 Å². The molecule has 0 atom stereocenters. The fourth-order valence-electron chi connectivity index (χ4n) is 3.85. The molecule has 1 fully saturated rings. The molecule has 186 valence electrons. The van der Waals surface area contributed by atoms with Crippen LogP contribution in [0.25, 0.3) is 0 Å². The Morgan fingerprint density at radius 2 is 1.76 bits per heavy atom. The molecular weight excluding hydrogens is 497 g/mol. The maximum absolute atomic E-state index is 13.5. The van der Waals surface area contributed by atoms with Gasteiger partial charge in [-0.15, -0.1) is 0 Å². The minimum Gasteiger partial charge on any atom is -0.378 e. The van der Waals surface area contributed by atoms with E-state index < -0.39 is 5.95 Å². The number of rotatable bonds is 7. The number of ether oxygens (including phenoxy) is 1. The summed E-state index contributed by atoms with van der Waals surface area (Å²) in [4.78, 5) is 6.00. The molecule has 2 aliphatic rings. The highest BCUT2D eigenvalue weighted by atomic mass is 79.9. The van der Waals surface area contributed by atoms with Crippen molar-refractivity contribution < 1.29 is 9.13 Å². The number of aromatic nitrogens is 1. The average Bonchev–Trinajstić information content (AvgIpc) is 3.37. The van der Waals surface area contributed by atoms with Crippen molar-refractivity contribution in [2.45, 2.75) is 59.5 Å². The Bertz CT molecular complexity index is 958. The van der Waals surface area contributed by atoms with Gasteiger partial charge in [0.1, 0.15) is 0 Å². The van der Waals surface area contributed by atoms with Gasteiger partial charge in [0.15, 0.2) is 0 Å². The number of pyridine rings is 1. The van der Waals surface area contributed by atoms with Crippen molar-refractivity contribution in [3.05, 3.63) is 58.1 Å². The highest BCUT2D eigenvalue weighted by molar-refractivity contribution is 9.10. The molecule has 0 spiro atoms. The van der Waals surface area contributed by atoms with Gasteiger partial charge in [-0.2, -0.15) is 14.6 Å². The van der Waals surface area contributed by atoms with Gasteiger partial charge in [-0.1, -0.05) is 43.6 Å². The lowest BCUT2D eigenvalue weighted by Gasteiger charge is -2.34. The number of nitrogens with two attached hydrogens (primary N) is 1. The third-order valence-corrected chi connectivity index (χ3v) is 5.93. The van der Waals surface area contributed by atoms with Crippen molar-refractivity contribution >= 4 is 33.0 Å². The predicted molar refractivity (Wildman–Crippen MR) is 144 cm³/mol. The summed E-state index contributed by atoms with van der Waals surface area (Å²) in [5, 5.41) is 8.74. The van der Waals surface area contributed by atoms with Crippen LogP contribution in [0.1, 0.15) is 64.5 Å². The number of halogens is 2. The van der Waals surface area contributed by atoms with E-state index in [4.69, 9.17) is 10.5 Å². The first kappa shape index (κ1) is 28.1. The fourth-order valence-corrected chi connectivity index (χ4v) is 4.20. The summed E-state index contributed by atoms with van der Waals surface area (Å²) in [5.74, 6) is -0.510. The van der Waals surface area contributed by atoms with Gasteiger partial charge in [0, 0.05) is 59.7 Å². The molecule has 0 bridgehead atoms. The molecule has 2 aliphatic heterocycles. The van der Waals surface area contributed by atoms with E-state index in [1.165, 1.54) is 12.3 Å². The second kappa shape index (κ2) is 15.0. The molecule has 0 amide bonds. The van der Waals surface area contributed by atoms with Crippen molar-refractivity contribution in [3.63, 3.8) is 0 Å². The Balaban J connectivity index is 0.000000970. The van der Waals surface area contributed by atoms with Crippen LogP contribution in [-0.2, 0) is 4.74 Å². The zero-order valence-electron chi connectivity index (χ0n) is 20.7. The van der Waals surface area contributed by atoms with Crippen molar-refractivity contribution in [1.82, 2.24) is 4.98 Å². The van der Waals surface area contributed by atoms with E-state index in [2.05, 4.69) is 48.1 Å². The molecule has 1 saturated heterocycles. The van der Waals surface area contributed by atoms with Crippen LogP contribution < -0.4 is 10.6 Å². The zero-order chi connectivity index (χ0) is 24.9. The highest BCUT2D eigenvalue weighted by Gasteiger charge is 2.25. The largest absolute Gasteiger partial charge is 0.378 e. The monoisotopic (exact) mass is 533 g/mol. The Labute approximate surface area is 211 Å². The lowest BCUT2D eigenvalue weighted by molar-refractivity contribution is 0.0366. The number of nitrogens with zero attached hydrogens (tertiary/aromatic N) is 4. The first-order chi connectivity index (χ1) is 16.6. The smallest absolute Gasteiger partial charge is 0.213 e. The minimum atomic E-state index is -0.510. The number of piperidine rings is 1. The number of anilines is 1. The van der Waals surface area contributed by atoms with Crippen LogP contribution in [0.15, 0.2) is 51.2 Å². The molecule has 3 heterocycles. The summed E-state index contributed by atoms with van der Waals surface area (Å²) in [6, 6.07) is 9.40. The van der Waals surface area contributed by atoms with E-state index in [0.29, 0.717) is 19.1 Å². The molecule has 1 aromatic heterocycles. The van der Waals surface area contributed by atoms with Crippen LogP contribution in [-0.4, -0.2) is 48.8 Å². The summed E-state index contributed by atoms with van der Waals surface area (Å²) in [7, 11) is 0. The lowest BCUT2D eigenvalue weighted by atomic mass is 9.98. The first-order valence-corrected chi connectivity index (χ1v) is 13.0. The Kier molecular flexibility index (Phi) is 12.4. The van der Waals surface area contributed by atoms with Crippen molar-refractivity contribution in [1.29, 1.82) is 0 Å². The third kappa shape index (κ3) is 7.68. The van der Waals surface area contributed by atoms with Gasteiger partial charge in [-0.25, -0.2) is 4.98 Å². The maximum atomic E-state index is 13.5. The lowest BCUT2D eigenvalue weighted by Crippen LogP contribution is -2.38. The molecule has 34 heavy (non-hydrogen) atoms. The summed E-state index contributed by atoms with van der Waals surface area (Å²) in [6.45, 7) is 11.2. The molecule has 4 rings (SSSR count). The van der Waals surface area contributed by atoms with E-state index >= 15 is 0 Å². The van der Waals surface area contributed by atoms with E-state index in [0.717, 1.165) is 71.7 Å². The zero-order valence-corrected chi connectivity index (χ0v) is 22.3. The van der Waals surface area contributed by atoms with Gasteiger partial charge < -0.3 is 15.4 Å². The fraction of sp³-hybridized carbons (Fsp3) is 0.500. The summed E-state index contributed by atoms with van der Waals surface area (Å²) in [5.41, 5.74) is 10.1. The molecule has 0 radical (unpaired) electrons. The van der Waals surface area contributed by atoms with E-state index in [1.54, 1.807) is 6.07 Å². The summed E-state index contributed by atoms with van der Waals surface area (Å²) >= 11 is 3.60. The molecule has 2 N–H and O–H groups in total. The SMILES string of the molecule is CC.CC.NCCCOC1CCN(c2cc(Br)ccc2C2=NN=C(c3ccnc(F)c3)C2)CC1. The molecule has 8 heteroatoms. The standard InChI is InChI=1S/C22H25BrFN5O.2C2H6/c23-16-2-3-18(20-14-19(27-28-20)15-4-8-26-22(24)12-15)21(13-16)29-9-5-17(6-10-29)30-11-1-7-25;2*1-2/h2-4,8,12-13,17H,1,5-7,9-11,14,25H2;2*1-2H3. The van der Waals surface area contributed by atoms with E-state index in [9.17, 15) is 4.39 Å². The molecular formula is C26H37BrFN5O. The van der Waals surface area contributed by atoms with Crippen LogP contribution >= 0.6 is 15.9 Å². The number of hydrogen-bond donors (Lipinski definition) is 1. The van der Waals surface area contributed by atoms with Crippen molar-refractivity contribution in [2.24, 2.45) is 15.9 Å². The van der Waals surface area contributed by atoms with Crippen LogP contribution in [0.4, 0.5) is 10.1 Å². The maximum Gasteiger partial charge on any atom is 0.213 e. The second-order valence-electron chi connectivity index (χ2n) is 7.50. The Hall–Kier alpha value is -2.16. The van der Waals surface area contributed by atoms with Gasteiger partial charge in [0.05, 0.1) is 17.5 Å². The molecule has 2 aromatic rings.